The Balaban J connectivity index is 3.00. The lowest BCUT2D eigenvalue weighted by atomic mass is 10.1. The third-order valence-corrected chi connectivity index (χ3v) is 4.49. The molecule has 1 aromatic rings. The van der Waals surface area contributed by atoms with E-state index in [2.05, 4.69) is 4.72 Å². The third kappa shape index (κ3) is 3.71. The molecule has 7 heteroatoms. The van der Waals surface area contributed by atoms with Crippen LogP contribution in [0.5, 0.6) is 0 Å². The van der Waals surface area contributed by atoms with Gasteiger partial charge in [-0.15, -0.1) is 0 Å². The number of likely N-dealkylation sites (N-methyl/N-ethyl adjacent to an activating group) is 1. The smallest absolute Gasteiger partial charge is 0.241 e. The van der Waals surface area contributed by atoms with Crippen molar-refractivity contribution in [2.45, 2.75) is 31.2 Å². The summed E-state index contributed by atoms with van der Waals surface area (Å²) in [7, 11) is -0.622. The molecule has 1 atom stereocenters. The number of nitrogens with zero attached hydrogens (tertiary/aromatic N) is 1. The minimum absolute atomic E-state index is 0.0607. The van der Waals surface area contributed by atoms with E-state index in [1.165, 1.54) is 24.0 Å². The molecule has 20 heavy (non-hydrogen) atoms. The molecule has 0 bridgehead atoms. The van der Waals surface area contributed by atoms with Crippen LogP contribution in [-0.2, 0) is 21.2 Å². The number of aryl methyl sites for hydroxylation is 1. The average Bonchev–Trinajstić information content (AvgIpc) is 2.36. The van der Waals surface area contributed by atoms with E-state index >= 15 is 0 Å². The minimum atomic E-state index is -3.76. The number of carbonyl (C=O) groups excluding carboxylic acids is 1. The first-order chi connectivity index (χ1) is 9.19. The first-order valence-corrected chi connectivity index (χ1v) is 7.79. The normalized spacial score (nSPS) is 13.0. The summed E-state index contributed by atoms with van der Waals surface area (Å²) < 4.78 is 26.7. The van der Waals surface area contributed by atoms with Crippen molar-refractivity contribution in [3.05, 3.63) is 23.8 Å². The van der Waals surface area contributed by atoms with Gasteiger partial charge in [0, 0.05) is 19.8 Å². The molecule has 6 nitrogen and oxygen atoms in total. The summed E-state index contributed by atoms with van der Waals surface area (Å²) in [5.74, 6) is -0.313. The van der Waals surface area contributed by atoms with Gasteiger partial charge in [-0.3, -0.25) is 4.79 Å². The van der Waals surface area contributed by atoms with Gasteiger partial charge in [-0.1, -0.05) is 13.0 Å². The maximum atomic E-state index is 12.2. The first kappa shape index (κ1) is 16.5. The molecule has 0 aromatic heterocycles. The lowest BCUT2D eigenvalue weighted by molar-refractivity contribution is -0.130. The molecule has 3 N–H and O–H groups in total. The van der Waals surface area contributed by atoms with Crippen LogP contribution < -0.4 is 10.5 Å². The highest BCUT2D eigenvalue weighted by molar-refractivity contribution is 7.89. The van der Waals surface area contributed by atoms with Gasteiger partial charge in [0.2, 0.25) is 15.9 Å². The van der Waals surface area contributed by atoms with Crippen LogP contribution in [0.4, 0.5) is 5.69 Å². The number of carbonyl (C=O) groups is 1. The van der Waals surface area contributed by atoms with E-state index in [-0.39, 0.29) is 10.8 Å². The van der Waals surface area contributed by atoms with E-state index in [9.17, 15) is 13.2 Å². The highest BCUT2D eigenvalue weighted by atomic mass is 32.2. The fourth-order valence-corrected chi connectivity index (χ4v) is 3.03. The van der Waals surface area contributed by atoms with E-state index in [4.69, 9.17) is 5.73 Å². The van der Waals surface area contributed by atoms with Gasteiger partial charge in [0.15, 0.2) is 0 Å². The molecule has 0 aliphatic rings. The summed E-state index contributed by atoms with van der Waals surface area (Å²) in [6.45, 7) is 3.44. The van der Waals surface area contributed by atoms with E-state index in [1.54, 1.807) is 20.2 Å². The minimum Gasteiger partial charge on any atom is -0.398 e. The summed E-state index contributed by atoms with van der Waals surface area (Å²) >= 11 is 0. The van der Waals surface area contributed by atoms with Gasteiger partial charge in [0.05, 0.1) is 10.9 Å². The van der Waals surface area contributed by atoms with Gasteiger partial charge in [0.1, 0.15) is 0 Å². The molecule has 0 saturated carbocycles. The Morgan fingerprint density at radius 3 is 2.45 bits per heavy atom. The van der Waals surface area contributed by atoms with Crippen molar-refractivity contribution < 1.29 is 13.2 Å². The SMILES string of the molecule is CCc1ccc(S(=O)(=O)NC(C)C(=O)N(C)C)cc1N. The summed E-state index contributed by atoms with van der Waals surface area (Å²) in [4.78, 5) is 13.1. The maximum Gasteiger partial charge on any atom is 0.241 e. The monoisotopic (exact) mass is 299 g/mol. The fourth-order valence-electron chi connectivity index (χ4n) is 1.80. The van der Waals surface area contributed by atoms with Gasteiger partial charge < -0.3 is 10.6 Å². The molecule has 1 rings (SSSR count). The number of amides is 1. The average molecular weight is 299 g/mol. The number of rotatable bonds is 5. The van der Waals surface area contributed by atoms with Crippen LogP contribution in [0.3, 0.4) is 0 Å². The molecular weight excluding hydrogens is 278 g/mol. The highest BCUT2D eigenvalue weighted by Crippen LogP contribution is 2.18. The second-order valence-corrected chi connectivity index (χ2v) is 6.50. The second kappa shape index (κ2) is 6.23. The zero-order valence-corrected chi connectivity index (χ0v) is 13.0. The summed E-state index contributed by atoms with van der Waals surface area (Å²) in [6.07, 6.45) is 0.731. The van der Waals surface area contributed by atoms with Crippen molar-refractivity contribution in [1.29, 1.82) is 0 Å². The topological polar surface area (TPSA) is 92.5 Å². The van der Waals surface area contributed by atoms with Crippen LogP contribution in [-0.4, -0.2) is 39.4 Å². The summed E-state index contributed by atoms with van der Waals surface area (Å²) in [5, 5.41) is 0. The predicted molar refractivity (Wildman–Crippen MR) is 78.7 cm³/mol. The number of nitrogen functional groups attached to an aromatic ring is 1. The molecule has 0 aliphatic heterocycles. The Bertz CT molecular complexity index is 597. The Hall–Kier alpha value is -1.60. The van der Waals surface area contributed by atoms with Crippen molar-refractivity contribution in [2.24, 2.45) is 0 Å². The summed E-state index contributed by atoms with van der Waals surface area (Å²) in [6, 6.07) is 3.75. The Labute approximate surface area is 120 Å². The number of hydrogen-bond donors (Lipinski definition) is 2. The molecule has 0 spiro atoms. The molecular formula is C13H21N3O3S. The van der Waals surface area contributed by atoms with E-state index < -0.39 is 16.1 Å². The van der Waals surface area contributed by atoms with Crippen LogP contribution >= 0.6 is 0 Å². The largest absolute Gasteiger partial charge is 0.398 e. The van der Waals surface area contributed by atoms with Crippen LogP contribution in [0.15, 0.2) is 23.1 Å². The highest BCUT2D eigenvalue weighted by Gasteiger charge is 2.23. The van der Waals surface area contributed by atoms with Crippen molar-refractivity contribution >= 4 is 21.6 Å². The number of sulfonamides is 1. The van der Waals surface area contributed by atoms with Crippen LogP contribution in [0.25, 0.3) is 0 Å². The van der Waals surface area contributed by atoms with Gasteiger partial charge in [-0.2, -0.15) is 4.72 Å². The zero-order chi connectivity index (χ0) is 15.5. The Morgan fingerprint density at radius 1 is 1.40 bits per heavy atom. The number of benzene rings is 1. The zero-order valence-electron chi connectivity index (χ0n) is 12.2. The van der Waals surface area contributed by atoms with Gasteiger partial charge >= 0.3 is 0 Å². The van der Waals surface area contributed by atoms with E-state index in [1.807, 2.05) is 6.92 Å². The quantitative estimate of drug-likeness (QED) is 0.778. The molecule has 0 radical (unpaired) electrons. The number of hydrogen-bond acceptors (Lipinski definition) is 4. The standard InChI is InChI=1S/C13H21N3O3S/c1-5-10-6-7-11(8-12(10)14)20(18,19)15-9(2)13(17)16(3)4/h6-9,15H,5,14H2,1-4H3. The molecule has 0 aliphatic carbocycles. The Morgan fingerprint density at radius 2 is 2.00 bits per heavy atom. The van der Waals surface area contributed by atoms with Gasteiger partial charge in [-0.25, -0.2) is 8.42 Å². The van der Waals surface area contributed by atoms with Crippen molar-refractivity contribution in [1.82, 2.24) is 9.62 Å². The predicted octanol–water partition coefficient (Wildman–Crippen LogP) is 0.586. The molecule has 1 aromatic carbocycles. The van der Waals surface area contributed by atoms with E-state index in [0.717, 1.165) is 12.0 Å². The Kier molecular flexibility index (Phi) is 5.13. The van der Waals surface area contributed by atoms with E-state index in [0.29, 0.717) is 5.69 Å². The molecule has 0 saturated heterocycles. The van der Waals surface area contributed by atoms with Gasteiger partial charge in [-0.05, 0) is 31.0 Å². The maximum absolute atomic E-state index is 12.2. The lowest BCUT2D eigenvalue weighted by Gasteiger charge is -2.18. The van der Waals surface area contributed by atoms with Crippen molar-refractivity contribution in [2.75, 3.05) is 19.8 Å². The van der Waals surface area contributed by atoms with Crippen molar-refractivity contribution in [3.63, 3.8) is 0 Å². The molecule has 0 fully saturated rings. The van der Waals surface area contributed by atoms with Gasteiger partial charge in [0.25, 0.3) is 0 Å². The lowest BCUT2D eigenvalue weighted by Crippen LogP contribution is -2.44. The van der Waals surface area contributed by atoms with Crippen LogP contribution in [0, 0.1) is 0 Å². The molecule has 0 heterocycles. The first-order valence-electron chi connectivity index (χ1n) is 6.31. The number of nitrogens with one attached hydrogen (secondary N) is 1. The number of nitrogens with two attached hydrogens (primary N) is 1. The van der Waals surface area contributed by atoms with Crippen LogP contribution in [0.1, 0.15) is 19.4 Å². The molecule has 1 amide bonds. The fraction of sp³-hybridized carbons (Fsp3) is 0.462. The third-order valence-electron chi connectivity index (χ3n) is 2.95. The van der Waals surface area contributed by atoms with Crippen LogP contribution in [0.2, 0.25) is 0 Å². The second-order valence-electron chi connectivity index (χ2n) is 4.79. The van der Waals surface area contributed by atoms with Crippen molar-refractivity contribution in [3.8, 4) is 0 Å². The molecule has 1 unspecified atom stereocenters. The summed E-state index contributed by atoms with van der Waals surface area (Å²) in [5.41, 5.74) is 7.12. The molecule has 112 valence electrons. The number of anilines is 1.